The molecule has 0 bridgehead atoms. The van der Waals surface area contributed by atoms with Gasteiger partial charge in [-0.1, -0.05) is 12.1 Å². The number of hydrogen-bond acceptors (Lipinski definition) is 4. The molecule has 0 atom stereocenters. The van der Waals surface area contributed by atoms with Crippen molar-refractivity contribution in [3.8, 4) is 0 Å². The fraction of sp³-hybridized carbons (Fsp3) is 0.200. The zero-order valence-corrected chi connectivity index (χ0v) is 16.7. The first kappa shape index (κ1) is 18.4. The van der Waals surface area contributed by atoms with Crippen molar-refractivity contribution in [3.05, 3.63) is 69.6 Å². The molecule has 2 aromatic heterocycles. The van der Waals surface area contributed by atoms with Crippen LogP contribution in [0.3, 0.4) is 0 Å². The lowest BCUT2D eigenvalue weighted by molar-refractivity contribution is -0.121. The Morgan fingerprint density at radius 3 is 2.50 bits per heavy atom. The van der Waals surface area contributed by atoms with Gasteiger partial charge in [-0.25, -0.2) is 4.98 Å². The Bertz CT molecular complexity index is 1090. The van der Waals surface area contributed by atoms with Gasteiger partial charge in [-0.05, 0) is 46.6 Å². The molecule has 3 heterocycles. The highest BCUT2D eigenvalue weighted by molar-refractivity contribution is 9.10. The van der Waals surface area contributed by atoms with E-state index < -0.39 is 0 Å². The Morgan fingerprint density at radius 1 is 1.14 bits per heavy atom. The lowest BCUT2D eigenvalue weighted by atomic mass is 10.1. The van der Waals surface area contributed by atoms with Crippen LogP contribution in [-0.4, -0.2) is 38.6 Å². The number of nitrogens with one attached hydrogen (secondary N) is 1. The third-order valence-electron chi connectivity index (χ3n) is 4.66. The lowest BCUT2D eigenvalue weighted by Crippen LogP contribution is -2.34. The quantitative estimate of drug-likeness (QED) is 0.618. The second kappa shape index (κ2) is 7.20. The van der Waals surface area contributed by atoms with Gasteiger partial charge in [0.15, 0.2) is 0 Å². The standard InChI is InChI=1S/C20H17BrN4O3/c1-12-8-13(21)10-24-11-14(23-18(12)24)9-22-17(26)6-7-25-19(27)15-4-2-3-5-16(15)20(25)28/h2-5,8,10-11H,6-7,9H2,1H3,(H,22,26). The summed E-state index contributed by atoms with van der Waals surface area (Å²) >= 11 is 3.45. The Labute approximate surface area is 169 Å². The van der Waals surface area contributed by atoms with Crippen LogP contribution < -0.4 is 5.32 Å². The fourth-order valence-electron chi connectivity index (χ4n) is 3.29. The van der Waals surface area contributed by atoms with Crippen molar-refractivity contribution in [1.29, 1.82) is 0 Å². The molecular formula is C20H17BrN4O3. The first-order valence-electron chi connectivity index (χ1n) is 8.79. The van der Waals surface area contributed by atoms with Gasteiger partial charge in [0.25, 0.3) is 11.8 Å². The maximum Gasteiger partial charge on any atom is 0.261 e. The molecule has 0 saturated carbocycles. The second-order valence-electron chi connectivity index (χ2n) is 6.64. The maximum atomic E-state index is 12.3. The van der Waals surface area contributed by atoms with E-state index in [9.17, 15) is 14.4 Å². The number of pyridine rings is 1. The van der Waals surface area contributed by atoms with E-state index in [4.69, 9.17) is 0 Å². The van der Waals surface area contributed by atoms with Crippen LogP contribution >= 0.6 is 15.9 Å². The van der Waals surface area contributed by atoms with Crippen molar-refractivity contribution in [2.24, 2.45) is 0 Å². The average molecular weight is 441 g/mol. The molecule has 28 heavy (non-hydrogen) atoms. The Hall–Kier alpha value is -3.00. The summed E-state index contributed by atoms with van der Waals surface area (Å²) in [5, 5.41) is 2.79. The first-order chi connectivity index (χ1) is 13.4. The third-order valence-corrected chi connectivity index (χ3v) is 5.09. The molecule has 0 fully saturated rings. The van der Waals surface area contributed by atoms with Crippen LogP contribution in [0.5, 0.6) is 0 Å². The molecule has 8 heteroatoms. The summed E-state index contributed by atoms with van der Waals surface area (Å²) in [5.41, 5.74) is 3.37. The van der Waals surface area contributed by atoms with Crippen LogP contribution in [-0.2, 0) is 11.3 Å². The molecule has 0 saturated heterocycles. The largest absolute Gasteiger partial charge is 0.350 e. The van der Waals surface area contributed by atoms with Gasteiger partial charge < -0.3 is 9.72 Å². The number of carbonyl (C=O) groups is 3. The van der Waals surface area contributed by atoms with Crippen molar-refractivity contribution in [2.75, 3.05) is 6.54 Å². The Kier molecular flexibility index (Phi) is 4.72. The average Bonchev–Trinajstić information content (AvgIpc) is 3.18. The Balaban J connectivity index is 1.35. The van der Waals surface area contributed by atoms with Gasteiger partial charge in [-0.15, -0.1) is 0 Å². The highest BCUT2D eigenvalue weighted by atomic mass is 79.9. The molecule has 0 spiro atoms. The van der Waals surface area contributed by atoms with Gasteiger partial charge >= 0.3 is 0 Å². The van der Waals surface area contributed by atoms with E-state index in [2.05, 4.69) is 26.2 Å². The summed E-state index contributed by atoms with van der Waals surface area (Å²) in [4.78, 5) is 42.5. The summed E-state index contributed by atoms with van der Waals surface area (Å²) in [6.07, 6.45) is 3.81. The molecule has 0 unspecified atom stereocenters. The molecule has 0 aliphatic carbocycles. The normalized spacial score (nSPS) is 13.3. The number of rotatable bonds is 5. The summed E-state index contributed by atoms with van der Waals surface area (Å²) in [6, 6.07) is 8.66. The summed E-state index contributed by atoms with van der Waals surface area (Å²) in [7, 11) is 0. The minimum absolute atomic E-state index is 0.0451. The summed E-state index contributed by atoms with van der Waals surface area (Å²) in [5.74, 6) is -0.948. The number of fused-ring (bicyclic) bond motifs is 2. The molecule has 1 aliphatic heterocycles. The molecule has 1 aliphatic rings. The van der Waals surface area contributed by atoms with Gasteiger partial charge in [0.2, 0.25) is 5.91 Å². The third kappa shape index (κ3) is 3.31. The van der Waals surface area contributed by atoms with Crippen LogP contribution in [0.1, 0.15) is 38.4 Å². The monoisotopic (exact) mass is 440 g/mol. The maximum absolute atomic E-state index is 12.3. The minimum Gasteiger partial charge on any atom is -0.350 e. The number of benzene rings is 1. The van der Waals surface area contributed by atoms with Crippen molar-refractivity contribution in [2.45, 2.75) is 19.9 Å². The van der Waals surface area contributed by atoms with E-state index in [-0.39, 0.29) is 37.2 Å². The van der Waals surface area contributed by atoms with Crippen LogP contribution in [0, 0.1) is 6.92 Å². The summed E-state index contributed by atoms with van der Waals surface area (Å²) < 4.78 is 2.85. The predicted octanol–water partition coefficient (Wildman–Crippen LogP) is 2.71. The van der Waals surface area contributed by atoms with Crippen molar-refractivity contribution in [1.82, 2.24) is 19.6 Å². The minimum atomic E-state index is -0.352. The second-order valence-corrected chi connectivity index (χ2v) is 7.55. The van der Waals surface area contributed by atoms with E-state index in [1.54, 1.807) is 24.3 Å². The van der Waals surface area contributed by atoms with Crippen LogP contribution in [0.15, 0.2) is 47.2 Å². The number of imide groups is 1. The van der Waals surface area contributed by atoms with E-state index in [0.29, 0.717) is 11.1 Å². The van der Waals surface area contributed by atoms with Gasteiger partial charge in [0, 0.05) is 29.8 Å². The van der Waals surface area contributed by atoms with Crippen LogP contribution in [0.2, 0.25) is 0 Å². The van der Waals surface area contributed by atoms with Gasteiger partial charge in [0.05, 0.1) is 23.4 Å². The van der Waals surface area contributed by atoms with Crippen molar-refractivity contribution < 1.29 is 14.4 Å². The number of aryl methyl sites for hydroxylation is 1. The first-order valence-corrected chi connectivity index (χ1v) is 9.59. The predicted molar refractivity (Wildman–Crippen MR) is 106 cm³/mol. The van der Waals surface area contributed by atoms with Gasteiger partial charge in [0.1, 0.15) is 5.65 Å². The smallest absolute Gasteiger partial charge is 0.261 e. The van der Waals surface area contributed by atoms with E-state index in [1.165, 1.54) is 0 Å². The lowest BCUT2D eigenvalue weighted by Gasteiger charge is -2.13. The van der Waals surface area contributed by atoms with E-state index in [0.717, 1.165) is 26.3 Å². The molecular weight excluding hydrogens is 424 g/mol. The van der Waals surface area contributed by atoms with Crippen molar-refractivity contribution >= 4 is 39.3 Å². The highest BCUT2D eigenvalue weighted by Gasteiger charge is 2.34. The van der Waals surface area contributed by atoms with Crippen molar-refractivity contribution in [3.63, 3.8) is 0 Å². The molecule has 3 amide bonds. The zero-order chi connectivity index (χ0) is 19.8. The summed E-state index contributed by atoms with van der Waals surface area (Å²) in [6.45, 7) is 2.30. The topological polar surface area (TPSA) is 83.8 Å². The number of halogens is 1. The zero-order valence-electron chi connectivity index (χ0n) is 15.1. The number of amides is 3. The molecule has 3 aromatic rings. The number of hydrogen-bond donors (Lipinski definition) is 1. The molecule has 1 N–H and O–H groups in total. The highest BCUT2D eigenvalue weighted by Crippen LogP contribution is 2.22. The number of nitrogens with zero attached hydrogens (tertiary/aromatic N) is 3. The van der Waals surface area contributed by atoms with Gasteiger partial charge in [-0.2, -0.15) is 0 Å². The SMILES string of the molecule is Cc1cc(Br)cn2cc(CNC(=O)CCN3C(=O)c4ccccc4C3=O)nc12. The molecule has 142 valence electrons. The fourth-order valence-corrected chi connectivity index (χ4v) is 3.86. The Morgan fingerprint density at radius 2 is 1.82 bits per heavy atom. The van der Waals surface area contributed by atoms with E-state index in [1.807, 2.05) is 29.8 Å². The van der Waals surface area contributed by atoms with Gasteiger partial charge in [-0.3, -0.25) is 19.3 Å². The number of carbonyl (C=O) groups excluding carboxylic acids is 3. The molecule has 4 rings (SSSR count). The number of aromatic nitrogens is 2. The number of imidazole rings is 1. The van der Waals surface area contributed by atoms with E-state index >= 15 is 0 Å². The molecule has 0 radical (unpaired) electrons. The van der Waals surface area contributed by atoms with Crippen LogP contribution in [0.25, 0.3) is 5.65 Å². The molecule has 7 nitrogen and oxygen atoms in total. The molecule has 1 aromatic carbocycles. The van der Waals surface area contributed by atoms with Crippen LogP contribution in [0.4, 0.5) is 0 Å².